The molecule has 1 rings (SSSR count). The van der Waals surface area contributed by atoms with Gasteiger partial charge in [0.05, 0.1) is 0 Å². The molecule has 0 radical (unpaired) electrons. The van der Waals surface area contributed by atoms with Crippen LogP contribution in [-0.2, 0) is 4.79 Å². The van der Waals surface area contributed by atoms with Crippen molar-refractivity contribution in [2.24, 2.45) is 0 Å². The molecule has 0 amide bonds. The van der Waals surface area contributed by atoms with Gasteiger partial charge in [-0.25, -0.2) is 0 Å². The molecular weight excluding hydrogens is 147 g/mol. The van der Waals surface area contributed by atoms with Crippen LogP contribution in [0.1, 0.15) is 38.5 Å². The van der Waals surface area contributed by atoms with Gasteiger partial charge in [0, 0.05) is 0 Å². The Hall–Kier alpha value is -0.440. The molecule has 1 N–H and O–H groups in total. The SMILES string of the molecule is O=C(F)C1(O)CCCCCC1. The summed E-state index contributed by atoms with van der Waals surface area (Å²) in [5, 5.41) is 9.40. The average molecular weight is 160 g/mol. The minimum Gasteiger partial charge on any atom is -0.379 e. The Kier molecular flexibility index (Phi) is 2.60. The highest BCUT2D eigenvalue weighted by Gasteiger charge is 2.36. The third-order valence-corrected chi connectivity index (χ3v) is 2.30. The molecule has 0 heterocycles. The topological polar surface area (TPSA) is 37.3 Å². The zero-order chi connectivity index (χ0) is 8.32. The fourth-order valence-corrected chi connectivity index (χ4v) is 1.51. The van der Waals surface area contributed by atoms with Gasteiger partial charge in [0.15, 0.2) is 5.60 Å². The predicted molar refractivity (Wildman–Crippen MR) is 38.8 cm³/mol. The number of halogens is 1. The van der Waals surface area contributed by atoms with Gasteiger partial charge in [-0.1, -0.05) is 25.7 Å². The van der Waals surface area contributed by atoms with Crippen LogP contribution in [0.2, 0.25) is 0 Å². The monoisotopic (exact) mass is 160 g/mol. The first-order valence-corrected chi connectivity index (χ1v) is 4.07. The molecular formula is C8H13FO2. The van der Waals surface area contributed by atoms with Gasteiger partial charge in [-0.15, -0.1) is 0 Å². The van der Waals surface area contributed by atoms with Crippen molar-refractivity contribution >= 4 is 6.04 Å². The minimum atomic E-state index is -1.64. The van der Waals surface area contributed by atoms with Gasteiger partial charge in [0.2, 0.25) is 0 Å². The highest BCUT2D eigenvalue weighted by molar-refractivity contribution is 5.77. The van der Waals surface area contributed by atoms with E-state index in [2.05, 4.69) is 0 Å². The van der Waals surface area contributed by atoms with Gasteiger partial charge in [-0.05, 0) is 12.8 Å². The molecule has 1 aliphatic carbocycles. The number of hydrogen-bond donors (Lipinski definition) is 1. The molecule has 0 bridgehead atoms. The average Bonchev–Trinajstić information content (AvgIpc) is 2.15. The summed E-state index contributed by atoms with van der Waals surface area (Å²) in [6.45, 7) is 0. The maximum atomic E-state index is 12.3. The number of aliphatic hydroxyl groups is 1. The normalized spacial score (nSPS) is 24.2. The summed E-state index contributed by atoms with van der Waals surface area (Å²) >= 11 is 0. The molecule has 11 heavy (non-hydrogen) atoms. The fraction of sp³-hybridized carbons (Fsp3) is 0.875. The van der Waals surface area contributed by atoms with Gasteiger partial charge in [-0.3, -0.25) is 4.79 Å². The van der Waals surface area contributed by atoms with Crippen molar-refractivity contribution in [3.63, 3.8) is 0 Å². The van der Waals surface area contributed by atoms with Gasteiger partial charge >= 0.3 is 6.04 Å². The molecule has 0 aromatic carbocycles. The zero-order valence-corrected chi connectivity index (χ0v) is 6.48. The molecule has 1 aliphatic rings. The van der Waals surface area contributed by atoms with Crippen LogP contribution in [0.3, 0.4) is 0 Å². The summed E-state index contributed by atoms with van der Waals surface area (Å²) in [6.07, 6.45) is 4.09. The summed E-state index contributed by atoms with van der Waals surface area (Å²) in [7, 11) is 0. The standard InChI is InChI=1S/C8H13FO2/c9-7(10)8(11)5-3-1-2-4-6-8/h11H,1-6H2. The molecule has 0 aromatic heterocycles. The first-order valence-electron chi connectivity index (χ1n) is 4.07. The Balaban J connectivity index is 2.59. The Morgan fingerprint density at radius 3 is 2.00 bits per heavy atom. The van der Waals surface area contributed by atoms with E-state index in [0.717, 1.165) is 25.7 Å². The molecule has 1 fully saturated rings. The van der Waals surface area contributed by atoms with Gasteiger partial charge in [0.1, 0.15) is 0 Å². The van der Waals surface area contributed by atoms with E-state index in [9.17, 15) is 14.3 Å². The van der Waals surface area contributed by atoms with Gasteiger partial charge < -0.3 is 5.11 Å². The Bertz CT molecular complexity index is 148. The van der Waals surface area contributed by atoms with Crippen LogP contribution in [0.5, 0.6) is 0 Å². The lowest BCUT2D eigenvalue weighted by Crippen LogP contribution is -2.35. The molecule has 0 spiro atoms. The van der Waals surface area contributed by atoms with Crippen LogP contribution in [0.4, 0.5) is 4.39 Å². The van der Waals surface area contributed by atoms with Crippen LogP contribution < -0.4 is 0 Å². The molecule has 3 heteroatoms. The largest absolute Gasteiger partial charge is 0.379 e. The van der Waals surface area contributed by atoms with Crippen molar-refractivity contribution in [3.05, 3.63) is 0 Å². The molecule has 0 atom stereocenters. The van der Waals surface area contributed by atoms with E-state index in [4.69, 9.17) is 0 Å². The fourth-order valence-electron chi connectivity index (χ4n) is 1.51. The number of rotatable bonds is 1. The molecule has 1 saturated carbocycles. The van der Waals surface area contributed by atoms with E-state index in [-0.39, 0.29) is 0 Å². The lowest BCUT2D eigenvalue weighted by molar-refractivity contribution is -0.150. The van der Waals surface area contributed by atoms with Crippen LogP contribution in [-0.4, -0.2) is 16.7 Å². The first kappa shape index (κ1) is 8.65. The third-order valence-electron chi connectivity index (χ3n) is 2.30. The predicted octanol–water partition coefficient (Wildman–Crippen LogP) is 1.57. The molecule has 0 saturated heterocycles. The Morgan fingerprint density at radius 1 is 1.18 bits per heavy atom. The maximum absolute atomic E-state index is 12.3. The Morgan fingerprint density at radius 2 is 1.64 bits per heavy atom. The molecule has 0 aromatic rings. The van der Waals surface area contributed by atoms with Crippen molar-refractivity contribution in [2.75, 3.05) is 0 Å². The number of carbonyl (C=O) groups excluding carboxylic acids is 1. The maximum Gasteiger partial charge on any atom is 0.332 e. The lowest BCUT2D eigenvalue weighted by Gasteiger charge is -2.19. The highest BCUT2D eigenvalue weighted by atomic mass is 19.1. The first-order chi connectivity index (χ1) is 5.15. The van der Waals surface area contributed by atoms with E-state index < -0.39 is 11.6 Å². The summed E-state index contributed by atoms with van der Waals surface area (Å²) in [5.74, 6) is 0. The second-order valence-electron chi connectivity index (χ2n) is 3.22. The van der Waals surface area contributed by atoms with Crippen LogP contribution in [0.15, 0.2) is 0 Å². The second-order valence-corrected chi connectivity index (χ2v) is 3.22. The van der Waals surface area contributed by atoms with E-state index in [1.54, 1.807) is 0 Å². The Labute approximate surface area is 65.4 Å². The van der Waals surface area contributed by atoms with Gasteiger partial charge in [0.25, 0.3) is 0 Å². The number of hydrogen-bond acceptors (Lipinski definition) is 2. The van der Waals surface area contributed by atoms with Crippen molar-refractivity contribution in [2.45, 2.75) is 44.1 Å². The van der Waals surface area contributed by atoms with Crippen LogP contribution >= 0.6 is 0 Å². The second kappa shape index (κ2) is 3.30. The van der Waals surface area contributed by atoms with Crippen LogP contribution in [0, 0.1) is 0 Å². The molecule has 0 unspecified atom stereocenters. The van der Waals surface area contributed by atoms with Crippen LogP contribution in [0.25, 0.3) is 0 Å². The molecule has 0 aliphatic heterocycles. The van der Waals surface area contributed by atoms with Crippen molar-refractivity contribution in [3.8, 4) is 0 Å². The minimum absolute atomic E-state index is 0.294. The van der Waals surface area contributed by atoms with Crippen molar-refractivity contribution < 1.29 is 14.3 Å². The summed E-state index contributed by atoms with van der Waals surface area (Å²) in [4.78, 5) is 10.4. The highest BCUT2D eigenvalue weighted by Crippen LogP contribution is 2.27. The molecule has 2 nitrogen and oxygen atoms in total. The zero-order valence-electron chi connectivity index (χ0n) is 6.48. The summed E-state index contributed by atoms with van der Waals surface area (Å²) in [6, 6.07) is -1.56. The molecule has 64 valence electrons. The quantitative estimate of drug-likeness (QED) is 0.467. The van der Waals surface area contributed by atoms with Gasteiger partial charge in [-0.2, -0.15) is 4.39 Å². The van der Waals surface area contributed by atoms with Crippen molar-refractivity contribution in [1.82, 2.24) is 0 Å². The van der Waals surface area contributed by atoms with Crippen molar-refractivity contribution in [1.29, 1.82) is 0 Å². The van der Waals surface area contributed by atoms with E-state index in [1.807, 2.05) is 0 Å². The lowest BCUT2D eigenvalue weighted by atomic mass is 9.96. The summed E-state index contributed by atoms with van der Waals surface area (Å²) < 4.78 is 12.3. The third kappa shape index (κ3) is 1.99. The van der Waals surface area contributed by atoms with E-state index >= 15 is 0 Å². The van der Waals surface area contributed by atoms with E-state index in [1.165, 1.54) is 0 Å². The summed E-state index contributed by atoms with van der Waals surface area (Å²) in [5.41, 5.74) is -1.64. The number of carbonyl (C=O) groups is 1. The smallest absolute Gasteiger partial charge is 0.332 e. The van der Waals surface area contributed by atoms with E-state index in [0.29, 0.717) is 12.8 Å².